The third-order valence-corrected chi connectivity index (χ3v) is 6.60. The van der Waals surface area contributed by atoms with E-state index >= 15 is 0 Å². The first kappa shape index (κ1) is 23.5. The summed E-state index contributed by atoms with van der Waals surface area (Å²) in [5.41, 5.74) is 6.43. The third-order valence-electron chi connectivity index (χ3n) is 6.60. The molecule has 1 aromatic heterocycles. The van der Waals surface area contributed by atoms with E-state index in [1.165, 1.54) is 0 Å². The van der Waals surface area contributed by atoms with E-state index in [4.69, 9.17) is 28.7 Å². The maximum Gasteiger partial charge on any atom is 0.164 e. The SMILES string of the molecule is COc1ccc2c(c1OC)CCn1c-2c(C)c(OCc2ccccc2)c/c1=N\CC1COCCO1. The van der Waals surface area contributed by atoms with Crippen LogP contribution in [0.25, 0.3) is 11.3 Å². The van der Waals surface area contributed by atoms with E-state index in [0.29, 0.717) is 33.0 Å². The second-order valence-corrected chi connectivity index (χ2v) is 8.75. The van der Waals surface area contributed by atoms with Crippen LogP contribution in [0.4, 0.5) is 0 Å². The van der Waals surface area contributed by atoms with Crippen LogP contribution < -0.4 is 19.7 Å². The number of pyridine rings is 1. The summed E-state index contributed by atoms with van der Waals surface area (Å²) in [6.07, 6.45) is 0.790. The molecule has 1 saturated heterocycles. The molecule has 0 bridgehead atoms. The van der Waals surface area contributed by atoms with Crippen LogP contribution in [0.1, 0.15) is 16.7 Å². The lowest BCUT2D eigenvalue weighted by Gasteiger charge is -2.28. The Morgan fingerprint density at radius 3 is 2.63 bits per heavy atom. The molecule has 0 spiro atoms. The monoisotopic (exact) mass is 476 g/mol. The molecule has 7 nitrogen and oxygen atoms in total. The molecular formula is C28H32N2O5. The van der Waals surface area contributed by atoms with Crippen molar-refractivity contribution < 1.29 is 23.7 Å². The van der Waals surface area contributed by atoms with E-state index in [1.807, 2.05) is 24.3 Å². The Bertz CT molecular complexity index is 1250. The summed E-state index contributed by atoms with van der Waals surface area (Å²) in [4.78, 5) is 4.97. The van der Waals surface area contributed by atoms with Crippen LogP contribution in [-0.4, -0.2) is 51.3 Å². The van der Waals surface area contributed by atoms with Crippen molar-refractivity contribution in [2.45, 2.75) is 32.6 Å². The van der Waals surface area contributed by atoms with Crippen molar-refractivity contribution in [2.24, 2.45) is 4.99 Å². The van der Waals surface area contributed by atoms with Gasteiger partial charge in [0.1, 0.15) is 23.9 Å². The first-order valence-corrected chi connectivity index (χ1v) is 12.0. The van der Waals surface area contributed by atoms with Crippen LogP contribution in [0, 0.1) is 6.92 Å². The summed E-state index contributed by atoms with van der Waals surface area (Å²) in [5, 5.41) is 0. The van der Waals surface area contributed by atoms with Crippen LogP contribution in [-0.2, 0) is 29.0 Å². The van der Waals surface area contributed by atoms with Crippen LogP contribution >= 0.6 is 0 Å². The molecule has 0 amide bonds. The molecule has 0 N–H and O–H groups in total. The van der Waals surface area contributed by atoms with Crippen LogP contribution in [0.2, 0.25) is 0 Å². The molecule has 1 unspecified atom stereocenters. The van der Waals surface area contributed by atoms with Gasteiger partial charge in [-0.1, -0.05) is 30.3 Å². The summed E-state index contributed by atoms with van der Waals surface area (Å²) in [6.45, 7) is 5.75. The Hall–Kier alpha value is -3.29. The van der Waals surface area contributed by atoms with E-state index in [9.17, 15) is 0 Å². The zero-order valence-electron chi connectivity index (χ0n) is 20.6. The molecule has 0 radical (unpaired) electrons. The van der Waals surface area contributed by atoms with Gasteiger partial charge >= 0.3 is 0 Å². The molecule has 2 aromatic carbocycles. The fraction of sp³-hybridized carbons (Fsp3) is 0.393. The molecule has 184 valence electrons. The number of aromatic nitrogens is 1. The predicted octanol–water partition coefficient (Wildman–Crippen LogP) is 3.93. The first-order valence-electron chi connectivity index (χ1n) is 12.0. The quantitative estimate of drug-likeness (QED) is 0.517. The van der Waals surface area contributed by atoms with Gasteiger partial charge in [-0.25, -0.2) is 0 Å². The van der Waals surface area contributed by atoms with Gasteiger partial charge in [0.05, 0.1) is 46.3 Å². The number of ether oxygens (including phenoxy) is 5. The van der Waals surface area contributed by atoms with E-state index < -0.39 is 0 Å². The fourth-order valence-electron chi connectivity index (χ4n) is 4.85. The summed E-state index contributed by atoms with van der Waals surface area (Å²) in [6, 6.07) is 16.3. The van der Waals surface area contributed by atoms with Crippen LogP contribution in [0.3, 0.4) is 0 Å². The first-order chi connectivity index (χ1) is 17.2. The maximum atomic E-state index is 6.35. The molecule has 3 heterocycles. The molecule has 5 rings (SSSR count). The lowest BCUT2D eigenvalue weighted by molar-refractivity contribution is -0.0835. The van der Waals surface area contributed by atoms with Crippen LogP contribution in [0.5, 0.6) is 17.2 Å². The van der Waals surface area contributed by atoms with Crippen molar-refractivity contribution in [3.63, 3.8) is 0 Å². The second kappa shape index (κ2) is 10.5. The fourth-order valence-corrected chi connectivity index (χ4v) is 4.85. The Balaban J connectivity index is 1.60. The zero-order valence-corrected chi connectivity index (χ0v) is 20.6. The molecule has 1 atom stereocenters. The van der Waals surface area contributed by atoms with Crippen molar-refractivity contribution in [3.8, 4) is 28.5 Å². The highest BCUT2D eigenvalue weighted by atomic mass is 16.6. The topological polar surface area (TPSA) is 63.4 Å². The number of hydrogen-bond donors (Lipinski definition) is 0. The highest BCUT2D eigenvalue weighted by Crippen LogP contribution is 2.42. The summed E-state index contributed by atoms with van der Waals surface area (Å²) >= 11 is 0. The van der Waals surface area contributed by atoms with E-state index in [-0.39, 0.29) is 6.10 Å². The minimum Gasteiger partial charge on any atom is -0.493 e. The van der Waals surface area contributed by atoms with Gasteiger partial charge in [0.25, 0.3) is 0 Å². The minimum absolute atomic E-state index is 0.0322. The van der Waals surface area contributed by atoms with Crippen molar-refractivity contribution in [1.29, 1.82) is 0 Å². The molecule has 2 aliphatic rings. The minimum atomic E-state index is -0.0322. The van der Waals surface area contributed by atoms with Gasteiger partial charge in [0.2, 0.25) is 0 Å². The molecular weight excluding hydrogens is 444 g/mol. The Labute approximate surface area is 205 Å². The van der Waals surface area contributed by atoms with Crippen molar-refractivity contribution in [1.82, 2.24) is 4.57 Å². The molecule has 0 saturated carbocycles. The summed E-state index contributed by atoms with van der Waals surface area (Å²) in [5.74, 6) is 2.35. The van der Waals surface area contributed by atoms with Gasteiger partial charge in [-0.3, -0.25) is 4.99 Å². The smallest absolute Gasteiger partial charge is 0.164 e. The van der Waals surface area contributed by atoms with Gasteiger partial charge in [-0.15, -0.1) is 0 Å². The number of fused-ring (bicyclic) bond motifs is 3. The number of benzene rings is 2. The highest BCUT2D eigenvalue weighted by Gasteiger charge is 2.26. The molecule has 1 fully saturated rings. The van der Waals surface area contributed by atoms with Gasteiger partial charge in [0.15, 0.2) is 11.5 Å². The Morgan fingerprint density at radius 1 is 1.03 bits per heavy atom. The standard InChI is InChI=1S/C28H32N2O5/c1-19-25(35-17-20-7-5-4-6-8-20)15-26(29-16-21-18-33-13-14-34-21)30-12-11-23-22(27(19)30)9-10-24(31-2)28(23)32-3/h4-10,15,21H,11-14,16-18H2,1-3H3/b29-26+. The number of methoxy groups -OCH3 is 2. The lowest BCUT2D eigenvalue weighted by atomic mass is 9.93. The van der Waals surface area contributed by atoms with E-state index in [2.05, 4.69) is 35.8 Å². The second-order valence-electron chi connectivity index (χ2n) is 8.75. The number of hydrogen-bond acceptors (Lipinski definition) is 6. The predicted molar refractivity (Wildman–Crippen MR) is 133 cm³/mol. The summed E-state index contributed by atoms with van der Waals surface area (Å²) < 4.78 is 31.3. The average molecular weight is 477 g/mol. The number of nitrogens with zero attached hydrogens (tertiary/aromatic N) is 2. The maximum absolute atomic E-state index is 6.35. The van der Waals surface area contributed by atoms with Crippen molar-refractivity contribution in [3.05, 3.63) is 70.7 Å². The molecule has 0 aliphatic carbocycles. The normalized spacial score (nSPS) is 17.5. The Morgan fingerprint density at radius 2 is 1.89 bits per heavy atom. The van der Waals surface area contributed by atoms with Gasteiger partial charge in [0, 0.05) is 29.3 Å². The lowest BCUT2D eigenvalue weighted by Crippen LogP contribution is -2.33. The van der Waals surface area contributed by atoms with Crippen molar-refractivity contribution in [2.75, 3.05) is 40.6 Å². The molecule has 2 aliphatic heterocycles. The number of rotatable bonds is 7. The average Bonchev–Trinajstić information content (AvgIpc) is 2.92. The van der Waals surface area contributed by atoms with E-state index in [1.54, 1.807) is 14.2 Å². The zero-order chi connectivity index (χ0) is 24.2. The summed E-state index contributed by atoms with van der Waals surface area (Å²) in [7, 11) is 3.37. The molecule has 35 heavy (non-hydrogen) atoms. The van der Waals surface area contributed by atoms with Gasteiger partial charge in [-0.05, 0) is 31.0 Å². The van der Waals surface area contributed by atoms with Crippen LogP contribution in [0.15, 0.2) is 53.5 Å². The molecule has 7 heteroatoms. The van der Waals surface area contributed by atoms with Gasteiger partial charge in [-0.2, -0.15) is 0 Å². The highest BCUT2D eigenvalue weighted by molar-refractivity contribution is 5.75. The van der Waals surface area contributed by atoms with Gasteiger partial charge < -0.3 is 28.3 Å². The van der Waals surface area contributed by atoms with Crippen molar-refractivity contribution >= 4 is 0 Å². The Kier molecular flexibility index (Phi) is 7.06. The van der Waals surface area contributed by atoms with E-state index in [0.717, 1.165) is 63.6 Å². The molecule has 3 aromatic rings. The largest absolute Gasteiger partial charge is 0.493 e. The third kappa shape index (κ3) is 4.79.